The quantitative estimate of drug-likeness (QED) is 0.817. The smallest absolute Gasteiger partial charge is 0.260 e. The van der Waals surface area contributed by atoms with Gasteiger partial charge in [0.25, 0.3) is 5.91 Å². The van der Waals surface area contributed by atoms with Gasteiger partial charge in [0.1, 0.15) is 11.4 Å². The number of rotatable bonds is 2. The van der Waals surface area contributed by atoms with Crippen molar-refractivity contribution in [3.63, 3.8) is 0 Å². The Morgan fingerprint density at radius 3 is 3.00 bits per heavy atom. The molecule has 2 aliphatic heterocycles. The molecule has 0 radical (unpaired) electrons. The number of phenols is 1. The van der Waals surface area contributed by atoms with Crippen LogP contribution in [-0.4, -0.2) is 41.1 Å². The number of likely N-dealkylation sites (N-methyl/N-ethyl adjacent to an activating group) is 1. The topological polar surface area (TPSA) is 82.0 Å². The number of benzene rings is 1. The van der Waals surface area contributed by atoms with Gasteiger partial charge in [0.05, 0.1) is 11.6 Å². The number of aliphatic imine (C=N–C) groups is 1. The molecule has 0 aliphatic carbocycles. The van der Waals surface area contributed by atoms with Crippen molar-refractivity contribution in [1.82, 2.24) is 10.2 Å². The molecular formula is C17H17N3O3. The summed E-state index contributed by atoms with van der Waals surface area (Å²) in [6.07, 6.45) is 7.10. The van der Waals surface area contributed by atoms with Crippen LogP contribution in [0.3, 0.4) is 0 Å². The first-order valence-electron chi connectivity index (χ1n) is 7.31. The SMILES string of the molecule is CNC(=O)C=CC1=CN2C(=O)c3ccc(C)c(O)c3N=CC2C1. The number of nitrogens with one attached hydrogen (secondary N) is 1. The minimum atomic E-state index is -0.209. The number of nitrogens with zero attached hydrogens (tertiary/aromatic N) is 2. The lowest BCUT2D eigenvalue weighted by atomic mass is 10.1. The summed E-state index contributed by atoms with van der Waals surface area (Å²) in [5.41, 5.74) is 2.25. The summed E-state index contributed by atoms with van der Waals surface area (Å²) >= 11 is 0. The van der Waals surface area contributed by atoms with E-state index in [4.69, 9.17) is 0 Å². The van der Waals surface area contributed by atoms with E-state index in [-0.39, 0.29) is 23.6 Å². The van der Waals surface area contributed by atoms with Crippen LogP contribution < -0.4 is 5.32 Å². The van der Waals surface area contributed by atoms with Gasteiger partial charge in [0.15, 0.2) is 0 Å². The third-order valence-corrected chi connectivity index (χ3v) is 4.00. The first kappa shape index (κ1) is 15.0. The van der Waals surface area contributed by atoms with Gasteiger partial charge in [-0.2, -0.15) is 0 Å². The highest BCUT2D eigenvalue weighted by Crippen LogP contribution is 2.37. The van der Waals surface area contributed by atoms with Gasteiger partial charge in [-0.3, -0.25) is 14.6 Å². The number of amides is 2. The highest BCUT2D eigenvalue weighted by atomic mass is 16.3. The summed E-state index contributed by atoms with van der Waals surface area (Å²) in [7, 11) is 1.56. The van der Waals surface area contributed by atoms with Gasteiger partial charge in [0.2, 0.25) is 5.91 Å². The van der Waals surface area contributed by atoms with Crippen molar-refractivity contribution in [2.75, 3.05) is 7.05 Å². The summed E-state index contributed by atoms with van der Waals surface area (Å²) in [5, 5.41) is 12.6. The van der Waals surface area contributed by atoms with Crippen LogP contribution in [0.4, 0.5) is 5.69 Å². The highest BCUT2D eigenvalue weighted by molar-refractivity contribution is 6.05. The minimum Gasteiger partial charge on any atom is -0.505 e. The molecule has 0 saturated carbocycles. The molecule has 0 aromatic heterocycles. The molecule has 0 fully saturated rings. The summed E-state index contributed by atoms with van der Waals surface area (Å²) < 4.78 is 0. The lowest BCUT2D eigenvalue weighted by molar-refractivity contribution is -0.116. The molecule has 6 nitrogen and oxygen atoms in total. The van der Waals surface area contributed by atoms with Crippen molar-refractivity contribution >= 4 is 23.7 Å². The molecule has 1 aromatic rings. The second-order valence-electron chi connectivity index (χ2n) is 5.54. The summed E-state index contributed by atoms with van der Waals surface area (Å²) in [6.45, 7) is 1.77. The van der Waals surface area contributed by atoms with Crippen LogP contribution in [0.1, 0.15) is 22.3 Å². The molecule has 2 heterocycles. The number of hydrogen-bond acceptors (Lipinski definition) is 4. The van der Waals surface area contributed by atoms with Gasteiger partial charge in [-0.1, -0.05) is 12.1 Å². The molecule has 6 heteroatoms. The molecule has 2 aliphatic rings. The van der Waals surface area contributed by atoms with Crippen molar-refractivity contribution in [1.29, 1.82) is 0 Å². The number of aryl methyl sites for hydroxylation is 1. The molecule has 23 heavy (non-hydrogen) atoms. The Balaban J connectivity index is 1.94. The fourth-order valence-electron chi connectivity index (χ4n) is 2.66. The molecule has 2 N–H and O–H groups in total. The number of phenolic OH excluding ortho intramolecular Hbond substituents is 1. The molecule has 2 amide bonds. The standard InChI is InChI=1S/C17H17N3O3/c1-10-3-5-13-15(16(10)22)19-8-12-7-11(4-6-14(21)18-2)9-20(12)17(13)23/h3-6,8-9,12,22H,7H2,1-2H3,(H,18,21). The minimum absolute atomic E-state index is 0.0389. The maximum atomic E-state index is 12.7. The van der Waals surface area contributed by atoms with Gasteiger partial charge in [-0.05, 0) is 30.5 Å². The predicted octanol–water partition coefficient (Wildman–Crippen LogP) is 1.82. The van der Waals surface area contributed by atoms with E-state index in [0.717, 1.165) is 5.57 Å². The molecule has 3 rings (SSSR count). The van der Waals surface area contributed by atoms with Crippen molar-refractivity contribution in [2.24, 2.45) is 4.99 Å². The summed E-state index contributed by atoms with van der Waals surface area (Å²) in [6, 6.07) is 3.17. The van der Waals surface area contributed by atoms with Gasteiger partial charge < -0.3 is 15.3 Å². The Hall–Kier alpha value is -2.89. The fraction of sp³-hybridized carbons (Fsp3) is 0.235. The average molecular weight is 311 g/mol. The number of aromatic hydroxyl groups is 1. The van der Waals surface area contributed by atoms with E-state index < -0.39 is 0 Å². The van der Waals surface area contributed by atoms with E-state index in [1.165, 1.54) is 6.08 Å². The van der Waals surface area contributed by atoms with E-state index in [2.05, 4.69) is 10.3 Å². The molecule has 1 aromatic carbocycles. The van der Waals surface area contributed by atoms with Crippen LogP contribution in [0.25, 0.3) is 0 Å². The molecule has 0 spiro atoms. The van der Waals surface area contributed by atoms with Crippen molar-refractivity contribution in [3.8, 4) is 5.75 Å². The molecule has 118 valence electrons. The molecule has 1 unspecified atom stereocenters. The third kappa shape index (κ3) is 2.63. The zero-order valence-electron chi connectivity index (χ0n) is 12.9. The number of carbonyl (C=O) groups excluding carboxylic acids is 2. The number of carbonyl (C=O) groups is 2. The van der Waals surface area contributed by atoms with E-state index in [1.807, 2.05) is 0 Å². The number of allylic oxidation sites excluding steroid dienone is 1. The Labute approximate surface area is 133 Å². The van der Waals surface area contributed by atoms with Crippen LogP contribution in [0.15, 0.2) is 41.1 Å². The maximum Gasteiger partial charge on any atom is 0.260 e. The van der Waals surface area contributed by atoms with Crippen molar-refractivity contribution in [3.05, 3.63) is 47.2 Å². The zero-order chi connectivity index (χ0) is 16.6. The highest BCUT2D eigenvalue weighted by Gasteiger charge is 2.32. The zero-order valence-corrected chi connectivity index (χ0v) is 12.9. The van der Waals surface area contributed by atoms with Crippen LogP contribution in [0, 0.1) is 6.92 Å². The molecule has 1 atom stereocenters. The monoisotopic (exact) mass is 311 g/mol. The van der Waals surface area contributed by atoms with Gasteiger partial charge in [0, 0.05) is 25.5 Å². The van der Waals surface area contributed by atoms with Gasteiger partial charge in [-0.25, -0.2) is 0 Å². The van der Waals surface area contributed by atoms with Gasteiger partial charge in [-0.15, -0.1) is 0 Å². The molecule has 0 bridgehead atoms. The predicted molar refractivity (Wildman–Crippen MR) is 86.9 cm³/mol. The maximum absolute atomic E-state index is 12.7. The summed E-state index contributed by atoms with van der Waals surface area (Å²) in [5.74, 6) is -0.364. The van der Waals surface area contributed by atoms with E-state index in [9.17, 15) is 14.7 Å². The Morgan fingerprint density at radius 2 is 2.26 bits per heavy atom. The number of fused-ring (bicyclic) bond motifs is 2. The second-order valence-corrected chi connectivity index (χ2v) is 5.54. The van der Waals surface area contributed by atoms with Crippen molar-refractivity contribution < 1.29 is 14.7 Å². The van der Waals surface area contributed by atoms with Crippen LogP contribution >= 0.6 is 0 Å². The molecule has 0 saturated heterocycles. The lowest BCUT2D eigenvalue weighted by Crippen LogP contribution is -2.32. The largest absolute Gasteiger partial charge is 0.505 e. The summed E-state index contributed by atoms with van der Waals surface area (Å²) in [4.78, 5) is 29.9. The van der Waals surface area contributed by atoms with E-state index in [1.54, 1.807) is 49.5 Å². The molecular weight excluding hydrogens is 294 g/mol. The van der Waals surface area contributed by atoms with E-state index in [0.29, 0.717) is 23.2 Å². The van der Waals surface area contributed by atoms with Crippen LogP contribution in [0.2, 0.25) is 0 Å². The second kappa shape index (κ2) is 5.72. The third-order valence-electron chi connectivity index (χ3n) is 4.00. The fourth-order valence-corrected chi connectivity index (χ4v) is 2.66. The Kier molecular flexibility index (Phi) is 3.73. The van der Waals surface area contributed by atoms with Crippen LogP contribution in [0.5, 0.6) is 5.75 Å². The van der Waals surface area contributed by atoms with Crippen LogP contribution in [-0.2, 0) is 4.79 Å². The Morgan fingerprint density at radius 1 is 1.48 bits per heavy atom. The van der Waals surface area contributed by atoms with Gasteiger partial charge >= 0.3 is 0 Å². The van der Waals surface area contributed by atoms with E-state index >= 15 is 0 Å². The Bertz CT molecular complexity index is 778. The normalized spacial score (nSPS) is 19.4. The number of hydrogen-bond donors (Lipinski definition) is 2. The first-order valence-corrected chi connectivity index (χ1v) is 7.31. The average Bonchev–Trinajstić information content (AvgIpc) is 2.91. The van der Waals surface area contributed by atoms with Crippen molar-refractivity contribution in [2.45, 2.75) is 19.4 Å². The lowest BCUT2D eigenvalue weighted by Gasteiger charge is -2.18. The first-order chi connectivity index (χ1) is 11.0.